The van der Waals surface area contributed by atoms with Crippen LogP contribution in [-0.4, -0.2) is 26.0 Å². The Balaban J connectivity index is 1.36. The molecule has 220 valence electrons. The first-order valence-electron chi connectivity index (χ1n) is 12.4. The number of hydrogen-bond donors (Lipinski definition) is 1. The lowest BCUT2D eigenvalue weighted by atomic mass is 10.0. The van der Waals surface area contributed by atoms with Gasteiger partial charge in [0.2, 0.25) is 0 Å². The maximum atomic E-state index is 13.8. The van der Waals surface area contributed by atoms with Crippen LogP contribution < -0.4 is 9.47 Å². The average Bonchev–Trinajstić information content (AvgIpc) is 3.40. The number of pyridine rings is 1. The molecule has 1 N–H and O–H groups in total. The van der Waals surface area contributed by atoms with Crippen LogP contribution in [0.1, 0.15) is 16.8 Å². The largest absolute Gasteiger partial charge is 0.511 e. The van der Waals surface area contributed by atoms with E-state index in [2.05, 4.69) is 14.8 Å². The molecule has 0 atom stereocenters. The monoisotopic (exact) mass is 599 g/mol. The van der Waals surface area contributed by atoms with Gasteiger partial charge in [-0.1, -0.05) is 54.6 Å². The Morgan fingerprint density at radius 3 is 2.07 bits per heavy atom. The summed E-state index contributed by atoms with van der Waals surface area (Å²) >= 11 is 0. The maximum absolute atomic E-state index is 13.8. The summed E-state index contributed by atoms with van der Waals surface area (Å²) < 4.78 is 90.5. The van der Waals surface area contributed by atoms with Crippen molar-refractivity contribution in [1.82, 2.24) is 14.8 Å². The standard InChI is InChI=1S/C30H19F6N3O4/c31-29(32,33)21-12-8-18(9-13-21)19-10-14-22(15-11-19)42-17-20-4-1-2-5-23(20)24-6-3-7-26(38-24)39-27(30(34,35)36)25(16-37-39)43-28(40)41/h1-16H,17H2,(H,40,41). The van der Waals surface area contributed by atoms with Gasteiger partial charge < -0.3 is 14.6 Å². The lowest BCUT2D eigenvalue weighted by molar-refractivity contribution is -0.144. The Bertz CT molecular complexity index is 1750. The van der Waals surface area contributed by atoms with Crippen molar-refractivity contribution in [3.63, 3.8) is 0 Å². The predicted molar refractivity (Wildman–Crippen MR) is 142 cm³/mol. The number of carbonyl (C=O) groups is 1. The number of hydrogen-bond acceptors (Lipinski definition) is 5. The zero-order chi connectivity index (χ0) is 30.8. The molecule has 0 aliphatic carbocycles. The summed E-state index contributed by atoms with van der Waals surface area (Å²) in [6.45, 7) is 0.0634. The molecule has 0 saturated heterocycles. The van der Waals surface area contributed by atoms with Gasteiger partial charge in [-0.2, -0.15) is 31.4 Å². The number of ether oxygens (including phenoxy) is 2. The van der Waals surface area contributed by atoms with Crippen molar-refractivity contribution >= 4 is 6.16 Å². The van der Waals surface area contributed by atoms with E-state index in [1.807, 2.05) is 0 Å². The van der Waals surface area contributed by atoms with Crippen molar-refractivity contribution in [3.8, 4) is 39.7 Å². The van der Waals surface area contributed by atoms with E-state index >= 15 is 0 Å². The molecule has 13 heteroatoms. The van der Waals surface area contributed by atoms with Gasteiger partial charge >= 0.3 is 18.5 Å². The first kappa shape index (κ1) is 29.2. The Morgan fingerprint density at radius 2 is 1.44 bits per heavy atom. The Kier molecular flexibility index (Phi) is 7.81. The fourth-order valence-electron chi connectivity index (χ4n) is 4.28. The predicted octanol–water partition coefficient (Wildman–Crippen LogP) is 8.27. The molecule has 0 aliphatic rings. The van der Waals surface area contributed by atoms with Crippen molar-refractivity contribution in [2.24, 2.45) is 0 Å². The van der Waals surface area contributed by atoms with Crippen LogP contribution in [0.4, 0.5) is 31.1 Å². The van der Waals surface area contributed by atoms with E-state index < -0.39 is 35.5 Å². The lowest BCUT2D eigenvalue weighted by Crippen LogP contribution is -2.17. The quantitative estimate of drug-likeness (QED) is 0.150. The van der Waals surface area contributed by atoms with Gasteiger partial charge in [-0.25, -0.2) is 14.5 Å². The normalized spacial score (nSPS) is 11.8. The van der Waals surface area contributed by atoms with Gasteiger partial charge in [0.05, 0.1) is 17.5 Å². The van der Waals surface area contributed by atoms with E-state index in [4.69, 9.17) is 9.84 Å². The van der Waals surface area contributed by atoms with E-state index in [-0.39, 0.29) is 12.4 Å². The molecule has 0 bridgehead atoms. The van der Waals surface area contributed by atoms with Gasteiger partial charge in [0.1, 0.15) is 12.4 Å². The fraction of sp³-hybridized carbons (Fsp3) is 0.100. The van der Waals surface area contributed by atoms with Gasteiger partial charge in [-0.3, -0.25) is 0 Å². The van der Waals surface area contributed by atoms with Crippen LogP contribution in [0.15, 0.2) is 97.2 Å². The van der Waals surface area contributed by atoms with E-state index in [1.165, 1.54) is 24.3 Å². The molecule has 5 rings (SSSR count). The number of halogens is 6. The summed E-state index contributed by atoms with van der Waals surface area (Å²) in [7, 11) is 0. The van der Waals surface area contributed by atoms with Crippen LogP contribution in [0.25, 0.3) is 28.2 Å². The minimum absolute atomic E-state index is 0.0634. The first-order valence-corrected chi connectivity index (χ1v) is 12.4. The molecular weight excluding hydrogens is 580 g/mol. The number of aromatic nitrogens is 3. The second kappa shape index (κ2) is 11.5. The number of benzene rings is 3. The topological polar surface area (TPSA) is 86.5 Å². The molecule has 0 unspecified atom stereocenters. The fourth-order valence-corrected chi connectivity index (χ4v) is 4.28. The third-order valence-electron chi connectivity index (χ3n) is 6.24. The van der Waals surface area contributed by atoms with Crippen LogP contribution in [-0.2, 0) is 19.0 Å². The third-order valence-corrected chi connectivity index (χ3v) is 6.24. The van der Waals surface area contributed by atoms with Crippen molar-refractivity contribution < 1.29 is 45.7 Å². The lowest BCUT2D eigenvalue weighted by Gasteiger charge is -2.14. The molecule has 0 spiro atoms. The van der Waals surface area contributed by atoms with Gasteiger partial charge in [0, 0.05) is 5.56 Å². The van der Waals surface area contributed by atoms with Crippen LogP contribution in [0, 0.1) is 0 Å². The zero-order valence-corrected chi connectivity index (χ0v) is 21.7. The third kappa shape index (κ3) is 6.61. The second-order valence-corrected chi connectivity index (χ2v) is 9.06. The molecule has 43 heavy (non-hydrogen) atoms. The molecular formula is C30H19F6N3O4. The Labute approximate surface area is 239 Å². The van der Waals surface area contributed by atoms with Crippen LogP contribution in [0.3, 0.4) is 0 Å². The smallest absolute Gasteiger partial charge is 0.489 e. The first-order chi connectivity index (χ1) is 20.4. The van der Waals surface area contributed by atoms with E-state index in [0.717, 1.165) is 12.1 Å². The van der Waals surface area contributed by atoms with Crippen molar-refractivity contribution in [3.05, 3.63) is 114 Å². The molecule has 7 nitrogen and oxygen atoms in total. The minimum Gasteiger partial charge on any atom is -0.489 e. The van der Waals surface area contributed by atoms with Gasteiger partial charge in [-0.05, 0) is 53.1 Å². The molecule has 0 saturated carbocycles. The molecule has 0 aliphatic heterocycles. The summed E-state index contributed by atoms with van der Waals surface area (Å²) in [4.78, 5) is 15.2. The highest BCUT2D eigenvalue weighted by atomic mass is 19.4. The Hall–Kier alpha value is -5.33. The summed E-state index contributed by atoms with van der Waals surface area (Å²) in [5.74, 6) is -0.727. The van der Waals surface area contributed by atoms with Crippen LogP contribution in [0.5, 0.6) is 11.5 Å². The average molecular weight is 599 g/mol. The number of rotatable bonds is 7. The number of nitrogens with zero attached hydrogens (tertiary/aromatic N) is 3. The van der Waals surface area contributed by atoms with E-state index in [0.29, 0.717) is 44.6 Å². The van der Waals surface area contributed by atoms with Crippen molar-refractivity contribution in [1.29, 1.82) is 0 Å². The summed E-state index contributed by atoms with van der Waals surface area (Å²) in [5, 5.41) is 12.5. The zero-order valence-electron chi connectivity index (χ0n) is 21.7. The molecule has 2 heterocycles. The summed E-state index contributed by atoms with van der Waals surface area (Å²) in [6.07, 6.45) is -10.7. The summed E-state index contributed by atoms with van der Waals surface area (Å²) in [5.41, 5.74) is 0.644. The van der Waals surface area contributed by atoms with Crippen molar-refractivity contribution in [2.75, 3.05) is 0 Å². The SMILES string of the molecule is O=C(O)Oc1cnn(-c2cccc(-c3ccccc3COc3ccc(-c4ccc(C(F)(F)F)cc4)cc3)n2)c1C(F)(F)F. The molecule has 5 aromatic rings. The van der Waals surface area contributed by atoms with Gasteiger partial charge in [-0.15, -0.1) is 0 Å². The minimum atomic E-state index is -4.99. The van der Waals surface area contributed by atoms with Crippen LogP contribution in [0.2, 0.25) is 0 Å². The highest BCUT2D eigenvalue weighted by Gasteiger charge is 2.41. The molecule has 0 fully saturated rings. The summed E-state index contributed by atoms with van der Waals surface area (Å²) in [6, 6.07) is 22.9. The van der Waals surface area contributed by atoms with E-state index in [1.54, 1.807) is 54.6 Å². The maximum Gasteiger partial charge on any atom is 0.511 e. The highest BCUT2D eigenvalue weighted by molar-refractivity contribution is 5.66. The highest BCUT2D eigenvalue weighted by Crippen LogP contribution is 2.38. The second-order valence-electron chi connectivity index (χ2n) is 9.06. The number of alkyl halides is 6. The molecule has 3 aromatic carbocycles. The van der Waals surface area contributed by atoms with E-state index in [9.17, 15) is 31.1 Å². The Morgan fingerprint density at radius 1 is 0.791 bits per heavy atom. The molecule has 2 aromatic heterocycles. The van der Waals surface area contributed by atoms with Crippen molar-refractivity contribution in [2.45, 2.75) is 19.0 Å². The molecule has 0 radical (unpaired) electrons. The molecule has 0 amide bonds. The van der Waals surface area contributed by atoms with Crippen LogP contribution >= 0.6 is 0 Å². The van der Waals surface area contributed by atoms with Gasteiger partial charge in [0.25, 0.3) is 0 Å². The van der Waals surface area contributed by atoms with Gasteiger partial charge in [0.15, 0.2) is 17.3 Å². The number of carboxylic acid groups (broad SMARTS) is 1.